The van der Waals surface area contributed by atoms with Crippen LogP contribution in [0.5, 0.6) is 5.75 Å². The highest BCUT2D eigenvalue weighted by atomic mass is 16.5. The van der Waals surface area contributed by atoms with Crippen LogP contribution >= 0.6 is 0 Å². The highest BCUT2D eigenvalue weighted by Crippen LogP contribution is 2.27. The molecule has 0 bridgehead atoms. The van der Waals surface area contributed by atoms with Crippen molar-refractivity contribution in [2.75, 3.05) is 31.1 Å². The zero-order chi connectivity index (χ0) is 22.5. The number of carbonyl (C=O) groups is 3. The number of benzene rings is 2. The van der Waals surface area contributed by atoms with Crippen LogP contribution in [0.25, 0.3) is 0 Å². The Morgan fingerprint density at radius 3 is 2.41 bits per heavy atom. The standard InChI is InChI=1S/C25H29N3O4/c1-18-4-6-19(7-5-18)15-26-25(31)20-14-23(29)28(16-20)21-8-10-22(11-9-21)32-17-24(30)27-12-2-3-13-27/h4-11,20H,2-3,12-17H2,1H3,(H,26,31)/t20-/m0/s1. The molecule has 168 valence electrons. The van der Waals surface area contributed by atoms with Crippen LogP contribution in [0.4, 0.5) is 5.69 Å². The first kappa shape index (κ1) is 21.9. The van der Waals surface area contributed by atoms with Gasteiger partial charge in [-0.05, 0) is 49.6 Å². The van der Waals surface area contributed by atoms with Crippen LogP contribution in [0.3, 0.4) is 0 Å². The molecule has 2 fully saturated rings. The van der Waals surface area contributed by atoms with Crippen LogP contribution in [0, 0.1) is 12.8 Å². The van der Waals surface area contributed by atoms with Gasteiger partial charge in [0.05, 0.1) is 5.92 Å². The van der Waals surface area contributed by atoms with Gasteiger partial charge in [0, 0.05) is 38.3 Å². The molecule has 2 aromatic rings. The molecule has 0 saturated carbocycles. The topological polar surface area (TPSA) is 79.0 Å². The number of anilines is 1. The van der Waals surface area contributed by atoms with E-state index in [1.165, 1.54) is 5.56 Å². The molecule has 7 nitrogen and oxygen atoms in total. The number of nitrogens with one attached hydrogen (secondary N) is 1. The van der Waals surface area contributed by atoms with E-state index in [1.807, 2.05) is 36.1 Å². The number of hydrogen-bond donors (Lipinski definition) is 1. The minimum absolute atomic E-state index is 0.000730. The largest absolute Gasteiger partial charge is 0.484 e. The molecule has 0 aliphatic carbocycles. The molecule has 1 N–H and O–H groups in total. The minimum Gasteiger partial charge on any atom is -0.484 e. The summed E-state index contributed by atoms with van der Waals surface area (Å²) in [4.78, 5) is 40.6. The fraction of sp³-hybridized carbons (Fsp3) is 0.400. The van der Waals surface area contributed by atoms with Crippen molar-refractivity contribution in [1.82, 2.24) is 10.2 Å². The maximum absolute atomic E-state index is 12.6. The molecule has 0 unspecified atom stereocenters. The molecule has 7 heteroatoms. The summed E-state index contributed by atoms with van der Waals surface area (Å²) in [7, 11) is 0. The van der Waals surface area contributed by atoms with Crippen molar-refractivity contribution in [2.24, 2.45) is 5.92 Å². The Labute approximate surface area is 188 Å². The van der Waals surface area contributed by atoms with E-state index in [0.717, 1.165) is 37.2 Å². The van der Waals surface area contributed by atoms with Gasteiger partial charge in [-0.25, -0.2) is 0 Å². The number of carbonyl (C=O) groups excluding carboxylic acids is 3. The van der Waals surface area contributed by atoms with Gasteiger partial charge in [0.2, 0.25) is 11.8 Å². The second-order valence-corrected chi connectivity index (χ2v) is 8.48. The molecule has 2 heterocycles. The molecule has 0 radical (unpaired) electrons. The first-order valence-electron chi connectivity index (χ1n) is 11.1. The van der Waals surface area contributed by atoms with Crippen molar-refractivity contribution in [3.63, 3.8) is 0 Å². The summed E-state index contributed by atoms with van der Waals surface area (Å²) in [6.45, 7) is 4.45. The average molecular weight is 436 g/mol. The molecule has 1 atom stereocenters. The molecule has 2 aromatic carbocycles. The van der Waals surface area contributed by atoms with Crippen molar-refractivity contribution in [1.29, 1.82) is 0 Å². The Kier molecular flexibility index (Phi) is 6.73. The number of rotatable bonds is 7. The van der Waals surface area contributed by atoms with E-state index in [9.17, 15) is 14.4 Å². The molecule has 4 rings (SSSR count). The maximum atomic E-state index is 12.6. The summed E-state index contributed by atoms with van der Waals surface area (Å²) in [5.41, 5.74) is 2.93. The summed E-state index contributed by atoms with van der Waals surface area (Å²) in [5.74, 6) is 0.0308. The van der Waals surface area contributed by atoms with Crippen LogP contribution < -0.4 is 15.0 Å². The molecule has 2 aliphatic heterocycles. The van der Waals surface area contributed by atoms with Gasteiger partial charge in [0.15, 0.2) is 6.61 Å². The molecule has 2 saturated heterocycles. The third-order valence-corrected chi connectivity index (χ3v) is 6.05. The predicted molar refractivity (Wildman–Crippen MR) is 121 cm³/mol. The number of ether oxygens (including phenoxy) is 1. The van der Waals surface area contributed by atoms with Crippen molar-refractivity contribution < 1.29 is 19.1 Å². The number of likely N-dealkylation sites (tertiary alicyclic amines) is 1. The van der Waals surface area contributed by atoms with Gasteiger partial charge in [-0.15, -0.1) is 0 Å². The fourth-order valence-corrected chi connectivity index (χ4v) is 4.10. The Bertz CT molecular complexity index is 966. The second kappa shape index (κ2) is 9.85. The van der Waals surface area contributed by atoms with Gasteiger partial charge in [-0.3, -0.25) is 14.4 Å². The molecule has 32 heavy (non-hydrogen) atoms. The lowest BCUT2D eigenvalue weighted by Gasteiger charge is -2.18. The zero-order valence-electron chi connectivity index (χ0n) is 18.4. The van der Waals surface area contributed by atoms with Crippen molar-refractivity contribution in [3.8, 4) is 5.75 Å². The van der Waals surface area contributed by atoms with Crippen LogP contribution in [0.1, 0.15) is 30.4 Å². The van der Waals surface area contributed by atoms with Crippen LogP contribution in [-0.2, 0) is 20.9 Å². The van der Waals surface area contributed by atoms with E-state index in [-0.39, 0.29) is 36.7 Å². The lowest BCUT2D eigenvalue weighted by atomic mass is 10.1. The molecule has 3 amide bonds. The third-order valence-electron chi connectivity index (χ3n) is 6.05. The monoisotopic (exact) mass is 435 g/mol. The molecular formula is C25H29N3O4. The van der Waals surface area contributed by atoms with Gasteiger partial charge in [-0.2, -0.15) is 0 Å². The average Bonchev–Trinajstić information content (AvgIpc) is 3.47. The summed E-state index contributed by atoms with van der Waals surface area (Å²) in [5, 5.41) is 2.94. The molecule has 2 aliphatic rings. The van der Waals surface area contributed by atoms with Gasteiger partial charge in [-0.1, -0.05) is 29.8 Å². The Morgan fingerprint density at radius 2 is 1.72 bits per heavy atom. The summed E-state index contributed by atoms with van der Waals surface area (Å²) < 4.78 is 5.61. The fourth-order valence-electron chi connectivity index (χ4n) is 4.10. The van der Waals surface area contributed by atoms with Gasteiger partial charge < -0.3 is 19.9 Å². The van der Waals surface area contributed by atoms with Crippen LogP contribution in [0.2, 0.25) is 0 Å². The van der Waals surface area contributed by atoms with Gasteiger partial charge in [0.1, 0.15) is 5.75 Å². The molecule has 0 aromatic heterocycles. The first-order chi connectivity index (χ1) is 15.5. The quantitative estimate of drug-likeness (QED) is 0.725. The number of hydrogen-bond acceptors (Lipinski definition) is 4. The summed E-state index contributed by atoms with van der Waals surface area (Å²) in [6, 6.07) is 15.1. The summed E-state index contributed by atoms with van der Waals surface area (Å²) >= 11 is 0. The third kappa shape index (κ3) is 5.28. The van der Waals surface area contributed by atoms with Crippen molar-refractivity contribution in [3.05, 3.63) is 59.7 Å². The number of amides is 3. The molecule has 0 spiro atoms. The van der Waals surface area contributed by atoms with Gasteiger partial charge in [0.25, 0.3) is 5.91 Å². The van der Waals surface area contributed by atoms with Crippen molar-refractivity contribution in [2.45, 2.75) is 32.7 Å². The SMILES string of the molecule is Cc1ccc(CNC(=O)[C@H]2CC(=O)N(c3ccc(OCC(=O)N4CCCC4)cc3)C2)cc1. The molecular weight excluding hydrogens is 406 g/mol. The predicted octanol–water partition coefficient (Wildman–Crippen LogP) is 2.67. The Balaban J connectivity index is 1.28. The normalized spacial score (nSPS) is 18.2. The first-order valence-corrected chi connectivity index (χ1v) is 11.1. The highest BCUT2D eigenvalue weighted by molar-refractivity contribution is 6.00. The number of aryl methyl sites for hydroxylation is 1. The van der Waals surface area contributed by atoms with Crippen LogP contribution in [-0.4, -0.2) is 48.9 Å². The minimum atomic E-state index is -0.373. The summed E-state index contributed by atoms with van der Waals surface area (Å²) in [6.07, 6.45) is 2.30. The van der Waals surface area contributed by atoms with E-state index >= 15 is 0 Å². The lowest BCUT2D eigenvalue weighted by molar-refractivity contribution is -0.132. The Hall–Kier alpha value is -3.35. The van der Waals surface area contributed by atoms with E-state index in [0.29, 0.717) is 18.8 Å². The van der Waals surface area contributed by atoms with E-state index in [2.05, 4.69) is 5.32 Å². The lowest BCUT2D eigenvalue weighted by Crippen LogP contribution is -2.32. The zero-order valence-corrected chi connectivity index (χ0v) is 18.4. The Morgan fingerprint density at radius 1 is 1.03 bits per heavy atom. The second-order valence-electron chi connectivity index (χ2n) is 8.48. The van der Waals surface area contributed by atoms with E-state index < -0.39 is 0 Å². The highest BCUT2D eigenvalue weighted by Gasteiger charge is 2.35. The van der Waals surface area contributed by atoms with Gasteiger partial charge >= 0.3 is 0 Å². The number of nitrogens with zero attached hydrogens (tertiary/aromatic N) is 2. The van der Waals surface area contributed by atoms with Crippen LogP contribution in [0.15, 0.2) is 48.5 Å². The van der Waals surface area contributed by atoms with E-state index in [4.69, 9.17) is 4.74 Å². The smallest absolute Gasteiger partial charge is 0.260 e. The van der Waals surface area contributed by atoms with E-state index in [1.54, 1.807) is 29.2 Å². The van der Waals surface area contributed by atoms with Crippen molar-refractivity contribution >= 4 is 23.4 Å². The maximum Gasteiger partial charge on any atom is 0.260 e.